The number of carbonyl (C=O) groups is 1. The molecule has 0 spiro atoms. The van der Waals surface area contributed by atoms with E-state index in [-0.39, 0.29) is 17.2 Å². The topological polar surface area (TPSA) is 78.0 Å². The second-order valence-electron chi connectivity index (χ2n) is 3.46. The summed E-state index contributed by atoms with van der Waals surface area (Å²) in [6.45, 7) is 1.55. The standard InChI is InChI=1S/C11H9N3O3/c1-8-9(4-2-5-10(8)14(16)17)11(15)13-7-3-6-12-13/h2-7H,1H3. The van der Waals surface area contributed by atoms with Gasteiger partial charge >= 0.3 is 0 Å². The summed E-state index contributed by atoms with van der Waals surface area (Å²) in [6, 6.07) is 6.02. The van der Waals surface area contributed by atoms with Gasteiger partial charge in [0, 0.05) is 24.0 Å². The van der Waals surface area contributed by atoms with Crippen LogP contribution in [-0.2, 0) is 0 Å². The Morgan fingerprint density at radius 2 is 2.18 bits per heavy atom. The molecule has 0 fully saturated rings. The number of rotatable bonds is 2. The van der Waals surface area contributed by atoms with Crippen molar-refractivity contribution >= 4 is 11.6 Å². The SMILES string of the molecule is Cc1c(C(=O)n2cccn2)cccc1[N+](=O)[O-]. The zero-order chi connectivity index (χ0) is 12.4. The lowest BCUT2D eigenvalue weighted by atomic mass is 10.1. The summed E-state index contributed by atoms with van der Waals surface area (Å²) < 4.78 is 1.14. The van der Waals surface area contributed by atoms with E-state index in [0.717, 1.165) is 4.68 Å². The van der Waals surface area contributed by atoms with E-state index in [2.05, 4.69) is 5.10 Å². The summed E-state index contributed by atoms with van der Waals surface area (Å²) in [5, 5.41) is 14.6. The summed E-state index contributed by atoms with van der Waals surface area (Å²) in [6.07, 6.45) is 2.98. The molecule has 0 radical (unpaired) electrons. The molecule has 2 aromatic rings. The number of carbonyl (C=O) groups excluding carboxylic acids is 1. The first-order valence-electron chi connectivity index (χ1n) is 4.89. The van der Waals surface area contributed by atoms with E-state index in [9.17, 15) is 14.9 Å². The molecule has 1 heterocycles. The van der Waals surface area contributed by atoms with E-state index in [4.69, 9.17) is 0 Å². The molecular formula is C11H9N3O3. The Morgan fingerprint density at radius 3 is 2.76 bits per heavy atom. The molecule has 1 aromatic heterocycles. The molecule has 0 amide bonds. The van der Waals surface area contributed by atoms with Crippen LogP contribution in [0.2, 0.25) is 0 Å². The fourth-order valence-electron chi connectivity index (χ4n) is 1.57. The van der Waals surface area contributed by atoms with Crippen molar-refractivity contribution in [1.82, 2.24) is 9.78 Å². The number of hydrogen-bond donors (Lipinski definition) is 0. The molecule has 6 nitrogen and oxygen atoms in total. The van der Waals surface area contributed by atoms with Gasteiger partial charge in [-0.25, -0.2) is 4.68 Å². The second kappa shape index (κ2) is 4.17. The maximum Gasteiger partial charge on any atom is 0.278 e. The van der Waals surface area contributed by atoms with Gasteiger partial charge in [0.2, 0.25) is 0 Å². The first kappa shape index (κ1) is 11.0. The summed E-state index contributed by atoms with van der Waals surface area (Å²) >= 11 is 0. The minimum atomic E-state index is -0.505. The Kier molecular flexibility index (Phi) is 2.70. The monoisotopic (exact) mass is 231 g/mol. The quantitative estimate of drug-likeness (QED) is 0.583. The van der Waals surface area contributed by atoms with Gasteiger partial charge in [-0.1, -0.05) is 6.07 Å². The average molecular weight is 231 g/mol. The molecule has 86 valence electrons. The average Bonchev–Trinajstić information content (AvgIpc) is 2.81. The lowest BCUT2D eigenvalue weighted by molar-refractivity contribution is -0.385. The van der Waals surface area contributed by atoms with Gasteiger partial charge in [-0.15, -0.1) is 0 Å². The van der Waals surface area contributed by atoms with Crippen molar-refractivity contribution in [1.29, 1.82) is 0 Å². The van der Waals surface area contributed by atoms with Crippen LogP contribution in [-0.4, -0.2) is 20.6 Å². The van der Waals surface area contributed by atoms with Crippen LogP contribution in [0.4, 0.5) is 5.69 Å². The first-order valence-corrected chi connectivity index (χ1v) is 4.89. The van der Waals surface area contributed by atoms with E-state index in [1.54, 1.807) is 19.1 Å². The van der Waals surface area contributed by atoms with Gasteiger partial charge in [-0.3, -0.25) is 14.9 Å². The maximum absolute atomic E-state index is 12.0. The molecule has 0 N–H and O–H groups in total. The highest BCUT2D eigenvalue weighted by atomic mass is 16.6. The molecule has 0 bridgehead atoms. The zero-order valence-corrected chi connectivity index (χ0v) is 9.03. The molecule has 1 aromatic carbocycles. The highest BCUT2D eigenvalue weighted by Gasteiger charge is 2.18. The molecule has 2 rings (SSSR count). The molecule has 0 atom stereocenters. The van der Waals surface area contributed by atoms with Crippen molar-refractivity contribution < 1.29 is 9.72 Å². The predicted octanol–water partition coefficient (Wildman–Crippen LogP) is 1.79. The molecular weight excluding hydrogens is 222 g/mol. The fourth-order valence-corrected chi connectivity index (χ4v) is 1.57. The third-order valence-electron chi connectivity index (χ3n) is 2.44. The Morgan fingerprint density at radius 1 is 1.41 bits per heavy atom. The Bertz CT molecular complexity index is 576. The van der Waals surface area contributed by atoms with Crippen LogP contribution in [0, 0.1) is 17.0 Å². The van der Waals surface area contributed by atoms with E-state index in [0.29, 0.717) is 5.56 Å². The Balaban J connectivity index is 2.50. The minimum absolute atomic E-state index is 0.0667. The Labute approximate surface area is 96.6 Å². The molecule has 6 heteroatoms. The van der Waals surface area contributed by atoms with Crippen molar-refractivity contribution in [3.63, 3.8) is 0 Å². The number of nitro benzene ring substituents is 1. The number of hydrogen-bond acceptors (Lipinski definition) is 4. The van der Waals surface area contributed by atoms with Gasteiger partial charge in [0.1, 0.15) is 0 Å². The number of aromatic nitrogens is 2. The second-order valence-corrected chi connectivity index (χ2v) is 3.46. The normalized spacial score (nSPS) is 10.2. The van der Waals surface area contributed by atoms with Crippen LogP contribution < -0.4 is 0 Å². The van der Waals surface area contributed by atoms with Crippen LogP contribution in [0.15, 0.2) is 36.7 Å². The maximum atomic E-state index is 12.0. The summed E-state index contributed by atoms with van der Waals surface area (Å²) in [5.74, 6) is -0.379. The molecule has 0 aliphatic carbocycles. The molecule has 0 saturated heterocycles. The molecule has 0 aliphatic heterocycles. The minimum Gasteiger partial charge on any atom is -0.267 e. The number of nitrogens with zero attached hydrogens (tertiary/aromatic N) is 3. The lowest BCUT2D eigenvalue weighted by Gasteiger charge is -2.04. The molecule has 0 aliphatic rings. The van der Waals surface area contributed by atoms with E-state index >= 15 is 0 Å². The van der Waals surface area contributed by atoms with Gasteiger partial charge in [0.05, 0.1) is 10.5 Å². The lowest BCUT2D eigenvalue weighted by Crippen LogP contribution is -2.14. The van der Waals surface area contributed by atoms with Crippen LogP contribution in [0.3, 0.4) is 0 Å². The molecule has 17 heavy (non-hydrogen) atoms. The predicted molar refractivity (Wildman–Crippen MR) is 59.8 cm³/mol. The van der Waals surface area contributed by atoms with Gasteiger partial charge in [0.15, 0.2) is 0 Å². The highest BCUT2D eigenvalue weighted by molar-refractivity contribution is 5.97. The number of nitro groups is 1. The summed E-state index contributed by atoms with van der Waals surface area (Å²) in [4.78, 5) is 22.2. The summed E-state index contributed by atoms with van der Waals surface area (Å²) in [7, 11) is 0. The fraction of sp³-hybridized carbons (Fsp3) is 0.0909. The van der Waals surface area contributed by atoms with Gasteiger partial charge in [-0.05, 0) is 19.1 Å². The van der Waals surface area contributed by atoms with Crippen LogP contribution in [0.25, 0.3) is 0 Å². The van der Waals surface area contributed by atoms with Crippen molar-refractivity contribution in [2.75, 3.05) is 0 Å². The zero-order valence-electron chi connectivity index (χ0n) is 9.03. The van der Waals surface area contributed by atoms with Gasteiger partial charge in [-0.2, -0.15) is 5.10 Å². The Hall–Kier alpha value is -2.50. The third-order valence-corrected chi connectivity index (χ3v) is 2.44. The largest absolute Gasteiger partial charge is 0.278 e. The first-order chi connectivity index (χ1) is 8.11. The van der Waals surface area contributed by atoms with Crippen molar-refractivity contribution in [3.8, 4) is 0 Å². The van der Waals surface area contributed by atoms with Crippen molar-refractivity contribution in [3.05, 3.63) is 57.9 Å². The summed E-state index contributed by atoms with van der Waals surface area (Å²) in [5.41, 5.74) is 0.559. The van der Waals surface area contributed by atoms with E-state index in [1.165, 1.54) is 24.5 Å². The highest BCUT2D eigenvalue weighted by Crippen LogP contribution is 2.21. The molecule has 0 saturated carbocycles. The van der Waals surface area contributed by atoms with Crippen LogP contribution in [0.1, 0.15) is 15.9 Å². The van der Waals surface area contributed by atoms with Gasteiger partial charge < -0.3 is 0 Å². The smallest absolute Gasteiger partial charge is 0.267 e. The third kappa shape index (κ3) is 1.92. The van der Waals surface area contributed by atoms with Crippen molar-refractivity contribution in [2.45, 2.75) is 6.92 Å². The van der Waals surface area contributed by atoms with Gasteiger partial charge in [0.25, 0.3) is 11.6 Å². The van der Waals surface area contributed by atoms with E-state index < -0.39 is 4.92 Å². The molecule has 0 unspecified atom stereocenters. The van der Waals surface area contributed by atoms with E-state index in [1.807, 2.05) is 0 Å². The van der Waals surface area contributed by atoms with Crippen LogP contribution >= 0.6 is 0 Å². The number of benzene rings is 1. The van der Waals surface area contributed by atoms with Crippen LogP contribution in [0.5, 0.6) is 0 Å². The van der Waals surface area contributed by atoms with Crippen molar-refractivity contribution in [2.24, 2.45) is 0 Å².